The Morgan fingerprint density at radius 2 is 0.727 bits per heavy atom. The standard InChI is InChI=1S/C21H39B/c1-16-10-4-7-13-19(16)22(20-14-8-5-11-17(20)2)21-15-9-6-12-18(21)3/h16-21H,4-15H2,1-3H3. The van der Waals surface area contributed by atoms with Crippen molar-refractivity contribution in [3.8, 4) is 0 Å². The van der Waals surface area contributed by atoms with Crippen molar-refractivity contribution in [1.29, 1.82) is 0 Å². The summed E-state index contributed by atoms with van der Waals surface area (Å²) in [4.78, 5) is 0. The average Bonchev–Trinajstić information content (AvgIpc) is 2.53. The highest BCUT2D eigenvalue weighted by Gasteiger charge is 2.45. The van der Waals surface area contributed by atoms with Gasteiger partial charge >= 0.3 is 0 Å². The normalized spacial score (nSPS) is 43.8. The first-order chi connectivity index (χ1) is 10.7. The summed E-state index contributed by atoms with van der Waals surface area (Å²) in [5.41, 5.74) is 0. The van der Waals surface area contributed by atoms with Crippen LogP contribution in [0.1, 0.15) is 97.8 Å². The first-order valence-corrected chi connectivity index (χ1v) is 10.7. The second-order valence-corrected chi connectivity index (χ2v) is 9.35. The number of hydrogen-bond acceptors (Lipinski definition) is 0. The summed E-state index contributed by atoms with van der Waals surface area (Å²) < 4.78 is 0. The van der Waals surface area contributed by atoms with Crippen LogP contribution in [0.4, 0.5) is 0 Å². The van der Waals surface area contributed by atoms with Crippen LogP contribution >= 0.6 is 0 Å². The predicted octanol–water partition coefficient (Wildman–Crippen LogP) is 7.22. The van der Waals surface area contributed by atoms with Gasteiger partial charge in [-0.25, -0.2) is 0 Å². The molecular formula is C21H39B. The molecule has 3 aliphatic carbocycles. The Morgan fingerprint density at radius 1 is 0.455 bits per heavy atom. The highest BCUT2D eigenvalue weighted by Crippen LogP contribution is 2.53. The lowest BCUT2D eigenvalue weighted by molar-refractivity contribution is 0.315. The smallest absolute Gasteiger partial charge is 0.0629 e. The van der Waals surface area contributed by atoms with Gasteiger partial charge in [0, 0.05) is 0 Å². The van der Waals surface area contributed by atoms with Gasteiger partial charge in [0.05, 0.1) is 0 Å². The molecule has 0 aromatic carbocycles. The molecular weight excluding hydrogens is 263 g/mol. The molecule has 0 heterocycles. The van der Waals surface area contributed by atoms with E-state index in [-0.39, 0.29) is 0 Å². The fraction of sp³-hybridized carbons (Fsp3) is 1.00. The Labute approximate surface area is 140 Å². The zero-order chi connectivity index (χ0) is 15.5. The van der Waals surface area contributed by atoms with Gasteiger partial charge in [0.1, 0.15) is 6.71 Å². The molecule has 0 saturated heterocycles. The maximum Gasteiger partial charge on any atom is 0.150 e. The Morgan fingerprint density at radius 3 is 1.00 bits per heavy atom. The Bertz CT molecular complexity index is 286. The van der Waals surface area contributed by atoms with E-state index in [4.69, 9.17) is 0 Å². The van der Waals surface area contributed by atoms with Gasteiger partial charge in [-0.15, -0.1) is 0 Å². The summed E-state index contributed by atoms with van der Waals surface area (Å²) in [5, 5.41) is 0. The van der Waals surface area contributed by atoms with E-state index >= 15 is 0 Å². The highest BCUT2D eigenvalue weighted by molar-refractivity contribution is 6.64. The maximum absolute atomic E-state index is 2.60. The van der Waals surface area contributed by atoms with Gasteiger partial charge in [-0.1, -0.05) is 115 Å². The first kappa shape index (κ1) is 16.9. The zero-order valence-corrected chi connectivity index (χ0v) is 15.5. The Hall–Kier alpha value is 0.0649. The van der Waals surface area contributed by atoms with Crippen molar-refractivity contribution in [2.45, 2.75) is 115 Å². The fourth-order valence-corrected chi connectivity index (χ4v) is 6.70. The summed E-state index contributed by atoms with van der Waals surface area (Å²) in [7, 11) is 0. The summed E-state index contributed by atoms with van der Waals surface area (Å²) >= 11 is 0. The van der Waals surface area contributed by atoms with E-state index in [2.05, 4.69) is 20.8 Å². The zero-order valence-electron chi connectivity index (χ0n) is 15.5. The topological polar surface area (TPSA) is 0 Å². The van der Waals surface area contributed by atoms with E-state index in [0.29, 0.717) is 0 Å². The van der Waals surface area contributed by atoms with E-state index in [1.165, 1.54) is 57.8 Å². The van der Waals surface area contributed by atoms with Gasteiger partial charge in [-0.2, -0.15) is 0 Å². The van der Waals surface area contributed by atoms with Crippen LogP contribution in [0.15, 0.2) is 0 Å². The lowest BCUT2D eigenvalue weighted by atomic mass is 9.21. The van der Waals surface area contributed by atoms with Crippen LogP contribution in [0.2, 0.25) is 17.5 Å². The summed E-state index contributed by atoms with van der Waals surface area (Å²) in [5.74, 6) is 6.19. The van der Waals surface area contributed by atoms with Crippen molar-refractivity contribution in [1.82, 2.24) is 0 Å². The van der Waals surface area contributed by atoms with Gasteiger partial charge in [0.25, 0.3) is 0 Å². The van der Waals surface area contributed by atoms with E-state index < -0.39 is 0 Å². The molecule has 0 aromatic heterocycles. The molecule has 3 aliphatic rings. The van der Waals surface area contributed by atoms with Crippen LogP contribution in [0.25, 0.3) is 0 Å². The van der Waals surface area contributed by atoms with Gasteiger partial charge in [0.2, 0.25) is 0 Å². The van der Waals surface area contributed by atoms with Crippen LogP contribution in [0.5, 0.6) is 0 Å². The fourth-order valence-electron chi connectivity index (χ4n) is 6.70. The molecule has 3 rings (SSSR count). The minimum Gasteiger partial charge on any atom is -0.0629 e. The van der Waals surface area contributed by atoms with E-state index in [0.717, 1.165) is 41.9 Å². The van der Waals surface area contributed by atoms with E-state index in [1.54, 1.807) is 19.3 Å². The lowest BCUT2D eigenvalue weighted by Gasteiger charge is -2.47. The molecule has 0 aromatic rings. The molecule has 0 aliphatic heterocycles. The Balaban J connectivity index is 1.83. The summed E-state index contributed by atoms with van der Waals surface area (Å²) in [6, 6.07) is 0. The molecule has 6 atom stereocenters. The third-order valence-electron chi connectivity index (χ3n) is 8.02. The quantitative estimate of drug-likeness (QED) is 0.483. The van der Waals surface area contributed by atoms with Crippen LogP contribution in [0, 0.1) is 17.8 Å². The van der Waals surface area contributed by atoms with Crippen LogP contribution < -0.4 is 0 Å². The molecule has 0 nitrogen and oxygen atoms in total. The summed E-state index contributed by atoms with van der Waals surface area (Å²) in [6.45, 7) is 8.86. The van der Waals surface area contributed by atoms with Crippen molar-refractivity contribution in [2.24, 2.45) is 17.8 Å². The molecule has 1 heteroatoms. The van der Waals surface area contributed by atoms with Crippen LogP contribution in [-0.4, -0.2) is 6.71 Å². The Kier molecular flexibility index (Phi) is 5.96. The molecule has 3 saturated carbocycles. The average molecular weight is 302 g/mol. The lowest BCUT2D eigenvalue weighted by Crippen LogP contribution is -2.42. The minimum atomic E-state index is 1.00. The van der Waals surface area contributed by atoms with Crippen LogP contribution in [-0.2, 0) is 0 Å². The van der Waals surface area contributed by atoms with Crippen molar-refractivity contribution in [3.05, 3.63) is 0 Å². The maximum atomic E-state index is 2.60. The van der Waals surface area contributed by atoms with Crippen LogP contribution in [0.3, 0.4) is 0 Å². The molecule has 6 unspecified atom stereocenters. The van der Waals surface area contributed by atoms with Crippen molar-refractivity contribution < 1.29 is 0 Å². The minimum absolute atomic E-state index is 1.00. The molecule has 0 amide bonds. The summed E-state index contributed by atoms with van der Waals surface area (Å²) in [6.07, 6.45) is 18.3. The third-order valence-corrected chi connectivity index (χ3v) is 8.02. The van der Waals surface area contributed by atoms with Gasteiger partial charge in [0.15, 0.2) is 0 Å². The molecule has 0 radical (unpaired) electrons. The van der Waals surface area contributed by atoms with Gasteiger partial charge in [-0.3, -0.25) is 0 Å². The number of hydrogen-bond donors (Lipinski definition) is 0. The monoisotopic (exact) mass is 302 g/mol. The van der Waals surface area contributed by atoms with E-state index in [1.807, 2.05) is 0 Å². The van der Waals surface area contributed by atoms with Crippen molar-refractivity contribution in [2.75, 3.05) is 0 Å². The second kappa shape index (κ2) is 7.76. The van der Waals surface area contributed by atoms with E-state index in [9.17, 15) is 0 Å². The number of rotatable bonds is 3. The molecule has 22 heavy (non-hydrogen) atoms. The highest BCUT2D eigenvalue weighted by atomic mass is 14.3. The molecule has 3 fully saturated rings. The van der Waals surface area contributed by atoms with Crippen molar-refractivity contribution >= 4 is 6.71 Å². The molecule has 126 valence electrons. The molecule has 0 spiro atoms. The van der Waals surface area contributed by atoms with Gasteiger partial charge in [-0.05, 0) is 17.8 Å². The van der Waals surface area contributed by atoms with Crippen molar-refractivity contribution in [3.63, 3.8) is 0 Å². The largest absolute Gasteiger partial charge is 0.150 e. The third kappa shape index (κ3) is 3.59. The first-order valence-electron chi connectivity index (χ1n) is 10.7. The second-order valence-electron chi connectivity index (χ2n) is 9.35. The molecule has 0 N–H and O–H groups in total. The van der Waals surface area contributed by atoms with Gasteiger partial charge < -0.3 is 0 Å². The SMILES string of the molecule is CC1CCCCC1B(C1CCCCC1C)C1CCCCC1C. The molecule has 0 bridgehead atoms. The predicted molar refractivity (Wildman–Crippen MR) is 99.9 cm³/mol.